The first-order chi connectivity index (χ1) is 12.8. The second-order valence-corrected chi connectivity index (χ2v) is 7.14. The summed E-state index contributed by atoms with van der Waals surface area (Å²) in [6, 6.07) is 18.4. The van der Waals surface area contributed by atoms with Crippen LogP contribution in [0.2, 0.25) is 0 Å². The molecule has 1 aromatic heterocycles. The highest BCUT2D eigenvalue weighted by Crippen LogP contribution is 2.37. The summed E-state index contributed by atoms with van der Waals surface area (Å²) >= 11 is 1.51. The van der Waals surface area contributed by atoms with Crippen molar-refractivity contribution in [3.05, 3.63) is 65.9 Å². The average Bonchev–Trinajstić information content (AvgIpc) is 3.23. The Hall–Kier alpha value is -2.52. The molecule has 0 aliphatic carbocycles. The normalized spacial score (nSPS) is 17.0. The second kappa shape index (κ2) is 7.79. The molecule has 0 bridgehead atoms. The van der Waals surface area contributed by atoms with Gasteiger partial charge >= 0.3 is 0 Å². The number of rotatable bonds is 4. The lowest BCUT2D eigenvalue weighted by Gasteiger charge is -2.25. The van der Waals surface area contributed by atoms with Gasteiger partial charge in [-0.25, -0.2) is 4.37 Å². The van der Waals surface area contributed by atoms with Crippen LogP contribution >= 0.6 is 11.5 Å². The van der Waals surface area contributed by atoms with Crippen LogP contribution in [0, 0.1) is 11.3 Å². The standard InChI is InChI=1S/C21H19N3OS/c22-13-15-4-6-16(7-5-15)19-3-1-2-17(12-18-14-23-10-11-25-18)21(19)20-8-9-24-26-20/h1-9,18,23H,10-12,14H2/t18-/m0/s1. The second-order valence-electron chi connectivity index (χ2n) is 6.31. The first-order valence-corrected chi connectivity index (χ1v) is 9.48. The summed E-state index contributed by atoms with van der Waals surface area (Å²) in [7, 11) is 0. The van der Waals surface area contributed by atoms with E-state index in [9.17, 15) is 0 Å². The minimum atomic E-state index is 0.187. The fourth-order valence-corrected chi connectivity index (χ4v) is 4.06. The van der Waals surface area contributed by atoms with Crippen LogP contribution in [-0.2, 0) is 11.2 Å². The van der Waals surface area contributed by atoms with Crippen molar-refractivity contribution in [3.8, 4) is 27.6 Å². The molecule has 26 heavy (non-hydrogen) atoms. The molecule has 4 rings (SSSR count). The third-order valence-electron chi connectivity index (χ3n) is 4.61. The lowest BCUT2D eigenvalue weighted by molar-refractivity contribution is 0.0293. The molecule has 130 valence electrons. The molecule has 1 aliphatic heterocycles. The van der Waals surface area contributed by atoms with Crippen molar-refractivity contribution in [2.75, 3.05) is 19.7 Å². The van der Waals surface area contributed by atoms with Gasteiger partial charge in [-0.15, -0.1) is 0 Å². The molecular weight excluding hydrogens is 342 g/mol. The highest BCUT2D eigenvalue weighted by Gasteiger charge is 2.19. The molecule has 4 nitrogen and oxygen atoms in total. The molecule has 1 aliphatic rings. The zero-order chi connectivity index (χ0) is 17.8. The molecule has 0 radical (unpaired) electrons. The fourth-order valence-electron chi connectivity index (χ4n) is 3.37. The summed E-state index contributed by atoms with van der Waals surface area (Å²) < 4.78 is 10.2. The molecule has 2 heterocycles. The molecule has 0 amide bonds. The maximum Gasteiger partial charge on any atom is 0.0991 e. The van der Waals surface area contributed by atoms with Crippen LogP contribution in [0.15, 0.2) is 54.7 Å². The third-order valence-corrected chi connectivity index (χ3v) is 5.38. The van der Waals surface area contributed by atoms with Gasteiger partial charge in [-0.05, 0) is 46.4 Å². The van der Waals surface area contributed by atoms with E-state index in [0.717, 1.165) is 36.6 Å². The van der Waals surface area contributed by atoms with Crippen LogP contribution in [0.1, 0.15) is 11.1 Å². The Morgan fingerprint density at radius 2 is 2.08 bits per heavy atom. The molecule has 0 unspecified atom stereocenters. The zero-order valence-corrected chi connectivity index (χ0v) is 15.1. The number of hydrogen-bond donors (Lipinski definition) is 1. The third kappa shape index (κ3) is 3.54. The quantitative estimate of drug-likeness (QED) is 0.766. The predicted octanol–water partition coefficient (Wildman–Crippen LogP) is 3.88. The molecule has 0 saturated carbocycles. The van der Waals surface area contributed by atoms with Crippen LogP contribution in [0.3, 0.4) is 0 Å². The highest BCUT2D eigenvalue weighted by molar-refractivity contribution is 7.09. The number of aromatic nitrogens is 1. The van der Waals surface area contributed by atoms with E-state index in [1.165, 1.54) is 28.2 Å². The van der Waals surface area contributed by atoms with E-state index in [4.69, 9.17) is 10.00 Å². The summed E-state index contributed by atoms with van der Waals surface area (Å²) in [5.41, 5.74) is 5.43. The number of nitrogens with zero attached hydrogens (tertiary/aromatic N) is 2. The number of benzene rings is 2. The van der Waals surface area contributed by atoms with Crippen LogP contribution in [0.5, 0.6) is 0 Å². The number of nitriles is 1. The number of hydrogen-bond acceptors (Lipinski definition) is 5. The largest absolute Gasteiger partial charge is 0.375 e. The maximum atomic E-state index is 9.05. The minimum Gasteiger partial charge on any atom is -0.375 e. The van der Waals surface area contributed by atoms with Gasteiger partial charge in [0.2, 0.25) is 0 Å². The van der Waals surface area contributed by atoms with E-state index in [1.807, 2.05) is 30.5 Å². The molecule has 1 fully saturated rings. The first kappa shape index (κ1) is 16.9. The van der Waals surface area contributed by atoms with Gasteiger partial charge in [-0.2, -0.15) is 5.26 Å². The average molecular weight is 361 g/mol. The number of morpholine rings is 1. The van der Waals surface area contributed by atoms with Gasteiger partial charge in [-0.3, -0.25) is 0 Å². The molecule has 1 saturated heterocycles. The van der Waals surface area contributed by atoms with E-state index < -0.39 is 0 Å². The van der Waals surface area contributed by atoms with Crippen molar-refractivity contribution >= 4 is 11.5 Å². The van der Waals surface area contributed by atoms with Gasteiger partial charge in [0.05, 0.1) is 29.2 Å². The summed E-state index contributed by atoms with van der Waals surface area (Å²) in [6.45, 7) is 2.56. The summed E-state index contributed by atoms with van der Waals surface area (Å²) in [5, 5.41) is 12.5. The lowest BCUT2D eigenvalue weighted by atomic mass is 9.91. The summed E-state index contributed by atoms with van der Waals surface area (Å²) in [6.07, 6.45) is 2.90. The van der Waals surface area contributed by atoms with E-state index in [0.29, 0.717) is 5.56 Å². The van der Waals surface area contributed by atoms with E-state index in [-0.39, 0.29) is 6.10 Å². The Bertz CT molecular complexity index is 907. The van der Waals surface area contributed by atoms with Gasteiger partial charge in [0.1, 0.15) is 0 Å². The van der Waals surface area contributed by atoms with Crippen molar-refractivity contribution in [2.24, 2.45) is 0 Å². The maximum absolute atomic E-state index is 9.05. The molecule has 1 N–H and O–H groups in total. The highest BCUT2D eigenvalue weighted by atomic mass is 32.1. The van der Waals surface area contributed by atoms with Crippen molar-refractivity contribution in [3.63, 3.8) is 0 Å². The van der Waals surface area contributed by atoms with Crippen molar-refractivity contribution in [1.82, 2.24) is 9.69 Å². The Morgan fingerprint density at radius 3 is 2.77 bits per heavy atom. The van der Waals surface area contributed by atoms with Crippen LogP contribution in [0.4, 0.5) is 0 Å². The van der Waals surface area contributed by atoms with Gasteiger partial charge in [0.25, 0.3) is 0 Å². The van der Waals surface area contributed by atoms with Gasteiger partial charge in [0.15, 0.2) is 0 Å². The SMILES string of the molecule is N#Cc1ccc(-c2cccc(C[C@H]3CNCCO3)c2-c2ccns2)cc1. The molecule has 3 aromatic rings. The molecule has 1 atom stereocenters. The minimum absolute atomic E-state index is 0.187. The van der Waals surface area contributed by atoms with E-state index >= 15 is 0 Å². The smallest absolute Gasteiger partial charge is 0.0991 e. The Labute approximate surface area is 157 Å². The Balaban J connectivity index is 1.78. The fraction of sp³-hybridized carbons (Fsp3) is 0.238. The first-order valence-electron chi connectivity index (χ1n) is 8.71. The topological polar surface area (TPSA) is 57.9 Å². The Morgan fingerprint density at radius 1 is 1.19 bits per heavy atom. The predicted molar refractivity (Wildman–Crippen MR) is 104 cm³/mol. The Kier molecular flexibility index (Phi) is 5.07. The van der Waals surface area contributed by atoms with Gasteiger partial charge in [0, 0.05) is 31.3 Å². The number of nitrogens with one attached hydrogen (secondary N) is 1. The lowest BCUT2D eigenvalue weighted by Crippen LogP contribution is -2.39. The monoisotopic (exact) mass is 361 g/mol. The van der Waals surface area contributed by atoms with Crippen LogP contribution in [0.25, 0.3) is 21.6 Å². The number of ether oxygens (including phenoxy) is 1. The van der Waals surface area contributed by atoms with Crippen LogP contribution in [-0.4, -0.2) is 30.2 Å². The van der Waals surface area contributed by atoms with E-state index in [2.05, 4.69) is 40.0 Å². The molecular formula is C21H19N3OS. The molecule has 5 heteroatoms. The summed E-state index contributed by atoms with van der Waals surface area (Å²) in [5.74, 6) is 0. The molecule has 2 aromatic carbocycles. The summed E-state index contributed by atoms with van der Waals surface area (Å²) in [4.78, 5) is 1.16. The van der Waals surface area contributed by atoms with Crippen molar-refractivity contribution < 1.29 is 4.74 Å². The van der Waals surface area contributed by atoms with Gasteiger partial charge in [-0.1, -0.05) is 30.3 Å². The van der Waals surface area contributed by atoms with Gasteiger partial charge < -0.3 is 10.1 Å². The van der Waals surface area contributed by atoms with Crippen molar-refractivity contribution in [2.45, 2.75) is 12.5 Å². The zero-order valence-electron chi connectivity index (χ0n) is 14.3. The van der Waals surface area contributed by atoms with Crippen LogP contribution < -0.4 is 5.32 Å². The van der Waals surface area contributed by atoms with Crippen molar-refractivity contribution in [1.29, 1.82) is 5.26 Å². The van der Waals surface area contributed by atoms with E-state index in [1.54, 1.807) is 0 Å². The molecule has 0 spiro atoms.